The van der Waals surface area contributed by atoms with Gasteiger partial charge in [-0.3, -0.25) is 0 Å². The van der Waals surface area contributed by atoms with Gasteiger partial charge in [0.2, 0.25) is 0 Å². The molecule has 0 saturated carbocycles. The van der Waals surface area contributed by atoms with E-state index in [9.17, 15) is 5.11 Å². The Morgan fingerprint density at radius 1 is 1.05 bits per heavy atom. The molecule has 0 bridgehead atoms. The van der Waals surface area contributed by atoms with Crippen LogP contribution in [0.1, 0.15) is 17.4 Å². The Morgan fingerprint density at radius 2 is 1.85 bits per heavy atom. The third kappa shape index (κ3) is 2.59. The summed E-state index contributed by atoms with van der Waals surface area (Å²) in [6, 6.07) is 17.4. The van der Waals surface area contributed by atoms with E-state index < -0.39 is 6.10 Å². The zero-order valence-corrected chi connectivity index (χ0v) is 12.7. The topological polar surface area (TPSA) is 50.9 Å². The van der Waals surface area contributed by atoms with Crippen molar-refractivity contribution < 1.29 is 5.11 Å². The van der Waals surface area contributed by atoms with Gasteiger partial charge in [0.1, 0.15) is 6.10 Å². The number of hydrogen-bond acceptors (Lipinski definition) is 3. The number of halogens is 1. The molecular formula is C15H12IN3O. The summed E-state index contributed by atoms with van der Waals surface area (Å²) in [5, 5.41) is 18.5. The minimum atomic E-state index is -0.750. The normalized spacial score (nSPS) is 12.3. The SMILES string of the molecule is OC(c1cccc(I)c1)c1cnnn1-c1ccccc1. The molecule has 0 spiro atoms. The van der Waals surface area contributed by atoms with Crippen molar-refractivity contribution in [2.75, 3.05) is 0 Å². The molecule has 0 fully saturated rings. The van der Waals surface area contributed by atoms with E-state index in [1.165, 1.54) is 0 Å². The van der Waals surface area contributed by atoms with Crippen LogP contribution < -0.4 is 0 Å². The Labute approximate surface area is 130 Å². The lowest BCUT2D eigenvalue weighted by atomic mass is 10.1. The van der Waals surface area contributed by atoms with Gasteiger partial charge in [0.05, 0.1) is 17.6 Å². The molecule has 5 heteroatoms. The van der Waals surface area contributed by atoms with Crippen LogP contribution in [-0.4, -0.2) is 20.1 Å². The molecule has 2 aromatic carbocycles. The number of hydrogen-bond donors (Lipinski definition) is 1. The highest BCUT2D eigenvalue weighted by atomic mass is 127. The molecule has 0 radical (unpaired) electrons. The van der Waals surface area contributed by atoms with Gasteiger partial charge in [-0.15, -0.1) is 5.10 Å². The fourth-order valence-electron chi connectivity index (χ4n) is 2.05. The molecule has 1 heterocycles. The van der Waals surface area contributed by atoms with Crippen LogP contribution in [0.15, 0.2) is 60.8 Å². The van der Waals surface area contributed by atoms with Crippen molar-refractivity contribution in [3.05, 3.63) is 75.6 Å². The second-order valence-electron chi connectivity index (χ2n) is 4.36. The third-order valence-electron chi connectivity index (χ3n) is 3.02. The molecule has 4 nitrogen and oxygen atoms in total. The lowest BCUT2D eigenvalue weighted by Crippen LogP contribution is -2.08. The van der Waals surface area contributed by atoms with E-state index in [2.05, 4.69) is 32.9 Å². The predicted molar refractivity (Wildman–Crippen MR) is 84.6 cm³/mol. The lowest BCUT2D eigenvalue weighted by Gasteiger charge is -2.13. The summed E-state index contributed by atoms with van der Waals surface area (Å²) < 4.78 is 2.74. The van der Waals surface area contributed by atoms with Crippen LogP contribution in [0.4, 0.5) is 0 Å². The first-order valence-corrected chi connectivity index (χ1v) is 7.23. The number of rotatable bonds is 3. The van der Waals surface area contributed by atoms with Crippen molar-refractivity contribution in [2.45, 2.75) is 6.10 Å². The first kappa shape index (κ1) is 13.3. The Hall–Kier alpha value is -1.73. The summed E-state index contributed by atoms with van der Waals surface area (Å²) in [4.78, 5) is 0. The third-order valence-corrected chi connectivity index (χ3v) is 3.69. The predicted octanol–water partition coefficient (Wildman–Crippen LogP) is 2.95. The van der Waals surface area contributed by atoms with Gasteiger partial charge in [0.15, 0.2) is 0 Å². The zero-order chi connectivity index (χ0) is 13.9. The largest absolute Gasteiger partial charge is 0.382 e. The second kappa shape index (κ2) is 5.72. The van der Waals surface area contributed by atoms with E-state index >= 15 is 0 Å². The lowest BCUT2D eigenvalue weighted by molar-refractivity contribution is 0.212. The van der Waals surface area contributed by atoms with Gasteiger partial charge in [0.25, 0.3) is 0 Å². The fraction of sp³-hybridized carbons (Fsp3) is 0.0667. The Morgan fingerprint density at radius 3 is 2.60 bits per heavy atom. The molecule has 0 aliphatic rings. The number of aliphatic hydroxyl groups excluding tert-OH is 1. The molecule has 0 saturated heterocycles. The molecule has 1 unspecified atom stereocenters. The van der Waals surface area contributed by atoms with Gasteiger partial charge in [-0.25, -0.2) is 4.68 Å². The minimum absolute atomic E-state index is 0.651. The molecule has 1 atom stereocenters. The number of para-hydroxylation sites is 1. The standard InChI is InChI=1S/C15H12IN3O/c16-12-6-4-5-11(9-12)15(20)14-10-17-18-19(14)13-7-2-1-3-8-13/h1-10,15,20H. The summed E-state index contributed by atoms with van der Waals surface area (Å²) in [7, 11) is 0. The van der Waals surface area contributed by atoms with Gasteiger partial charge in [0, 0.05) is 3.57 Å². The molecule has 0 aliphatic heterocycles. The molecule has 100 valence electrons. The van der Waals surface area contributed by atoms with E-state index in [-0.39, 0.29) is 0 Å². The van der Waals surface area contributed by atoms with Gasteiger partial charge in [-0.2, -0.15) is 0 Å². The van der Waals surface area contributed by atoms with Crippen LogP contribution in [0.3, 0.4) is 0 Å². The number of aliphatic hydroxyl groups is 1. The maximum absolute atomic E-state index is 10.5. The van der Waals surface area contributed by atoms with Crippen molar-refractivity contribution in [1.29, 1.82) is 0 Å². The van der Waals surface area contributed by atoms with Gasteiger partial charge < -0.3 is 5.11 Å². The quantitative estimate of drug-likeness (QED) is 0.715. The van der Waals surface area contributed by atoms with Crippen LogP contribution in [-0.2, 0) is 0 Å². The van der Waals surface area contributed by atoms with Crippen molar-refractivity contribution in [1.82, 2.24) is 15.0 Å². The van der Waals surface area contributed by atoms with Crippen LogP contribution >= 0.6 is 22.6 Å². The van der Waals surface area contributed by atoms with Crippen molar-refractivity contribution in [2.24, 2.45) is 0 Å². The molecule has 3 aromatic rings. The fourth-order valence-corrected chi connectivity index (χ4v) is 2.61. The highest BCUT2D eigenvalue weighted by molar-refractivity contribution is 14.1. The van der Waals surface area contributed by atoms with Gasteiger partial charge in [-0.05, 0) is 52.4 Å². The summed E-state index contributed by atoms with van der Waals surface area (Å²) in [6.07, 6.45) is 0.845. The van der Waals surface area contributed by atoms with Gasteiger partial charge in [-0.1, -0.05) is 35.5 Å². The molecule has 1 N–H and O–H groups in total. The van der Waals surface area contributed by atoms with Gasteiger partial charge >= 0.3 is 0 Å². The minimum Gasteiger partial charge on any atom is -0.382 e. The Balaban J connectivity index is 2.02. The van der Waals surface area contributed by atoms with E-state index in [4.69, 9.17) is 0 Å². The molecule has 0 aliphatic carbocycles. The van der Waals surface area contributed by atoms with E-state index in [0.29, 0.717) is 5.69 Å². The first-order chi connectivity index (χ1) is 9.75. The Bertz CT molecular complexity index is 712. The second-order valence-corrected chi connectivity index (χ2v) is 5.61. The highest BCUT2D eigenvalue weighted by Crippen LogP contribution is 2.24. The maximum Gasteiger partial charge on any atom is 0.123 e. The first-order valence-electron chi connectivity index (χ1n) is 6.15. The van der Waals surface area contributed by atoms with Crippen molar-refractivity contribution >= 4 is 22.6 Å². The summed E-state index contributed by atoms with van der Waals surface area (Å²) in [5.74, 6) is 0. The molecule has 0 amide bonds. The van der Waals surface area contributed by atoms with Crippen LogP contribution in [0, 0.1) is 3.57 Å². The monoisotopic (exact) mass is 377 g/mol. The van der Waals surface area contributed by atoms with Crippen LogP contribution in [0.5, 0.6) is 0 Å². The van der Waals surface area contributed by atoms with Crippen LogP contribution in [0.25, 0.3) is 5.69 Å². The van der Waals surface area contributed by atoms with E-state index in [1.54, 1.807) is 10.9 Å². The highest BCUT2D eigenvalue weighted by Gasteiger charge is 2.17. The smallest absolute Gasteiger partial charge is 0.123 e. The maximum atomic E-state index is 10.5. The zero-order valence-electron chi connectivity index (χ0n) is 10.5. The van der Waals surface area contributed by atoms with Crippen molar-refractivity contribution in [3.63, 3.8) is 0 Å². The molecular weight excluding hydrogens is 365 g/mol. The van der Waals surface area contributed by atoms with Crippen molar-refractivity contribution in [3.8, 4) is 5.69 Å². The molecule has 1 aromatic heterocycles. The number of nitrogens with zero attached hydrogens (tertiary/aromatic N) is 3. The summed E-state index contributed by atoms with van der Waals surface area (Å²) in [6.45, 7) is 0. The Kier molecular flexibility index (Phi) is 3.79. The van der Waals surface area contributed by atoms with Crippen LogP contribution in [0.2, 0.25) is 0 Å². The van der Waals surface area contributed by atoms with E-state index in [0.717, 1.165) is 14.8 Å². The summed E-state index contributed by atoms with van der Waals surface area (Å²) in [5.41, 5.74) is 2.36. The average Bonchev–Trinajstić information content (AvgIpc) is 2.97. The molecule has 20 heavy (non-hydrogen) atoms. The number of aromatic nitrogens is 3. The summed E-state index contributed by atoms with van der Waals surface area (Å²) >= 11 is 2.23. The molecule has 3 rings (SSSR count). The average molecular weight is 377 g/mol. The number of benzene rings is 2. The van der Waals surface area contributed by atoms with E-state index in [1.807, 2.05) is 54.6 Å².